The third kappa shape index (κ3) is 9.03. The first-order chi connectivity index (χ1) is 14.6. The molecule has 0 saturated carbocycles. The third-order valence-corrected chi connectivity index (χ3v) is 4.98. The highest BCUT2D eigenvalue weighted by molar-refractivity contribution is 5.79. The van der Waals surface area contributed by atoms with Crippen LogP contribution in [0.3, 0.4) is 0 Å². The normalized spacial score (nSPS) is 16.4. The van der Waals surface area contributed by atoms with Crippen LogP contribution in [0.15, 0.2) is 23.2 Å². The summed E-state index contributed by atoms with van der Waals surface area (Å²) in [5.74, 6) is 1.59. The predicted molar refractivity (Wildman–Crippen MR) is 119 cm³/mol. The van der Waals surface area contributed by atoms with Gasteiger partial charge in [-0.1, -0.05) is 25.0 Å². The molecule has 1 aromatic carbocycles. The highest BCUT2D eigenvalue weighted by Crippen LogP contribution is 2.23. The van der Waals surface area contributed by atoms with Crippen molar-refractivity contribution in [2.45, 2.75) is 65.0 Å². The number of benzene rings is 1. The van der Waals surface area contributed by atoms with Crippen molar-refractivity contribution < 1.29 is 19.0 Å². The van der Waals surface area contributed by atoms with Gasteiger partial charge in [0, 0.05) is 38.5 Å². The molecule has 1 heterocycles. The average Bonchev–Trinajstić information content (AvgIpc) is 3.24. The number of aryl methyl sites for hydroxylation is 1. The Morgan fingerprint density at radius 3 is 2.80 bits per heavy atom. The minimum atomic E-state index is -0.0971. The Morgan fingerprint density at radius 1 is 1.23 bits per heavy atom. The van der Waals surface area contributed by atoms with Crippen LogP contribution in [0.1, 0.15) is 56.6 Å². The largest absolute Gasteiger partial charge is 0.488 e. The van der Waals surface area contributed by atoms with E-state index in [4.69, 9.17) is 14.2 Å². The Kier molecular flexibility index (Phi) is 11.1. The van der Waals surface area contributed by atoms with Crippen LogP contribution in [0.2, 0.25) is 0 Å². The molecule has 7 nitrogen and oxygen atoms in total. The van der Waals surface area contributed by atoms with Gasteiger partial charge in [-0.15, -0.1) is 0 Å². The molecule has 0 spiro atoms. The van der Waals surface area contributed by atoms with E-state index in [1.165, 1.54) is 5.56 Å². The van der Waals surface area contributed by atoms with Gasteiger partial charge in [0.15, 0.2) is 5.96 Å². The number of carbonyl (C=O) groups is 1. The molecule has 0 bridgehead atoms. The number of esters is 1. The van der Waals surface area contributed by atoms with Gasteiger partial charge in [0.1, 0.15) is 11.9 Å². The van der Waals surface area contributed by atoms with Crippen LogP contribution in [0.5, 0.6) is 5.75 Å². The molecule has 7 heteroatoms. The maximum absolute atomic E-state index is 11.3. The fraction of sp³-hybridized carbons (Fsp3) is 0.652. The Morgan fingerprint density at radius 2 is 2.07 bits per heavy atom. The molecule has 30 heavy (non-hydrogen) atoms. The van der Waals surface area contributed by atoms with Crippen molar-refractivity contribution >= 4 is 11.9 Å². The smallest absolute Gasteiger partial charge is 0.305 e. The van der Waals surface area contributed by atoms with E-state index in [0.717, 1.165) is 62.5 Å². The predicted octanol–water partition coefficient (Wildman–Crippen LogP) is 3.34. The lowest BCUT2D eigenvalue weighted by Crippen LogP contribution is -2.37. The number of aliphatic imine (C=N–C) groups is 1. The van der Waals surface area contributed by atoms with E-state index in [-0.39, 0.29) is 12.1 Å². The molecule has 0 aromatic heterocycles. The summed E-state index contributed by atoms with van der Waals surface area (Å²) in [5.41, 5.74) is 2.28. The van der Waals surface area contributed by atoms with Gasteiger partial charge in [-0.25, -0.2) is 0 Å². The van der Waals surface area contributed by atoms with E-state index in [1.807, 2.05) is 6.92 Å². The van der Waals surface area contributed by atoms with Crippen molar-refractivity contribution in [1.82, 2.24) is 10.6 Å². The molecule has 1 unspecified atom stereocenters. The van der Waals surface area contributed by atoms with E-state index in [1.54, 1.807) is 7.05 Å². The molecule has 2 N–H and O–H groups in total. The summed E-state index contributed by atoms with van der Waals surface area (Å²) in [5, 5.41) is 6.72. The summed E-state index contributed by atoms with van der Waals surface area (Å²) in [6.07, 6.45) is 5.59. The summed E-state index contributed by atoms with van der Waals surface area (Å²) in [7, 11) is 1.77. The van der Waals surface area contributed by atoms with E-state index in [9.17, 15) is 4.79 Å². The molecule has 1 aliphatic rings. The van der Waals surface area contributed by atoms with Crippen molar-refractivity contribution in [2.24, 2.45) is 4.99 Å². The fourth-order valence-corrected chi connectivity index (χ4v) is 3.29. The van der Waals surface area contributed by atoms with Crippen molar-refractivity contribution in [3.8, 4) is 5.75 Å². The first kappa shape index (κ1) is 24.0. The lowest BCUT2D eigenvalue weighted by molar-refractivity contribution is -0.143. The zero-order chi connectivity index (χ0) is 21.6. The SMILES string of the molecule is CCOC(=O)CCCCCCNC(=NC)NCc1ccc(C)cc1OC1CCOC1. The second-order valence-corrected chi connectivity index (χ2v) is 7.54. The van der Waals surface area contributed by atoms with Crippen LogP contribution in [0.4, 0.5) is 0 Å². The molecule has 0 radical (unpaired) electrons. The zero-order valence-electron chi connectivity index (χ0n) is 18.7. The number of guanidine groups is 1. The minimum Gasteiger partial charge on any atom is -0.488 e. The number of nitrogens with zero attached hydrogens (tertiary/aromatic N) is 1. The molecule has 1 aliphatic heterocycles. The van der Waals surface area contributed by atoms with Crippen molar-refractivity contribution in [1.29, 1.82) is 0 Å². The number of carbonyl (C=O) groups excluding carboxylic acids is 1. The number of rotatable bonds is 12. The number of unbranched alkanes of at least 4 members (excludes halogenated alkanes) is 3. The second-order valence-electron chi connectivity index (χ2n) is 7.54. The Bertz CT molecular complexity index is 672. The third-order valence-electron chi connectivity index (χ3n) is 4.98. The van der Waals surface area contributed by atoms with Gasteiger partial charge in [-0.3, -0.25) is 9.79 Å². The average molecular weight is 420 g/mol. The molecule has 1 fully saturated rings. The first-order valence-corrected chi connectivity index (χ1v) is 11.1. The summed E-state index contributed by atoms with van der Waals surface area (Å²) in [6, 6.07) is 6.29. The number of hydrogen-bond acceptors (Lipinski definition) is 5. The standard InChI is InChI=1S/C23H37N3O4/c1-4-29-22(27)9-7-5-6-8-13-25-23(24-3)26-16-19-11-10-18(2)15-21(19)30-20-12-14-28-17-20/h10-11,15,20H,4-9,12-14,16-17H2,1-3H3,(H2,24,25,26). The van der Waals surface area contributed by atoms with Crippen LogP contribution in [-0.2, 0) is 20.8 Å². The molecule has 1 aromatic rings. The van der Waals surface area contributed by atoms with Gasteiger partial charge in [-0.05, 0) is 38.3 Å². The number of hydrogen-bond donors (Lipinski definition) is 2. The highest BCUT2D eigenvalue weighted by atomic mass is 16.5. The van der Waals surface area contributed by atoms with Crippen molar-refractivity contribution in [3.63, 3.8) is 0 Å². The molecule has 0 amide bonds. The van der Waals surface area contributed by atoms with Gasteiger partial charge < -0.3 is 24.8 Å². The van der Waals surface area contributed by atoms with Gasteiger partial charge >= 0.3 is 5.97 Å². The second kappa shape index (κ2) is 13.9. The van der Waals surface area contributed by atoms with Gasteiger partial charge in [0.25, 0.3) is 0 Å². The molecule has 1 atom stereocenters. The Labute approximate surface area is 180 Å². The maximum atomic E-state index is 11.3. The Balaban J connectivity index is 1.68. The van der Waals surface area contributed by atoms with E-state index in [2.05, 4.69) is 40.7 Å². The Hall–Kier alpha value is -2.28. The van der Waals surface area contributed by atoms with Gasteiger partial charge in [-0.2, -0.15) is 0 Å². The molecule has 168 valence electrons. The topological polar surface area (TPSA) is 81.2 Å². The van der Waals surface area contributed by atoms with E-state index in [0.29, 0.717) is 26.2 Å². The maximum Gasteiger partial charge on any atom is 0.305 e. The molecule has 2 rings (SSSR count). The quantitative estimate of drug-likeness (QED) is 0.234. The summed E-state index contributed by atoms with van der Waals surface area (Å²) in [6.45, 7) is 7.27. The van der Waals surface area contributed by atoms with Crippen molar-refractivity contribution in [2.75, 3.05) is 33.4 Å². The van der Waals surface area contributed by atoms with Crippen LogP contribution < -0.4 is 15.4 Å². The summed E-state index contributed by atoms with van der Waals surface area (Å²) >= 11 is 0. The number of ether oxygens (including phenoxy) is 3. The zero-order valence-corrected chi connectivity index (χ0v) is 18.7. The van der Waals surface area contributed by atoms with Crippen LogP contribution in [0.25, 0.3) is 0 Å². The summed E-state index contributed by atoms with van der Waals surface area (Å²) in [4.78, 5) is 15.6. The fourth-order valence-electron chi connectivity index (χ4n) is 3.29. The van der Waals surface area contributed by atoms with Crippen LogP contribution in [-0.4, -0.2) is 51.4 Å². The molecule has 0 aliphatic carbocycles. The van der Waals surface area contributed by atoms with E-state index < -0.39 is 0 Å². The highest BCUT2D eigenvalue weighted by Gasteiger charge is 2.18. The first-order valence-electron chi connectivity index (χ1n) is 11.1. The number of nitrogens with one attached hydrogen (secondary N) is 2. The molecular formula is C23H37N3O4. The van der Waals surface area contributed by atoms with Crippen LogP contribution in [0, 0.1) is 6.92 Å². The summed E-state index contributed by atoms with van der Waals surface area (Å²) < 4.78 is 16.5. The lowest BCUT2D eigenvalue weighted by atomic mass is 10.1. The lowest BCUT2D eigenvalue weighted by Gasteiger charge is -2.18. The minimum absolute atomic E-state index is 0.0971. The van der Waals surface area contributed by atoms with Gasteiger partial charge in [0.2, 0.25) is 0 Å². The van der Waals surface area contributed by atoms with Gasteiger partial charge in [0.05, 0.1) is 19.8 Å². The van der Waals surface area contributed by atoms with Crippen LogP contribution >= 0.6 is 0 Å². The van der Waals surface area contributed by atoms with Crippen molar-refractivity contribution in [3.05, 3.63) is 29.3 Å². The molecule has 1 saturated heterocycles. The monoisotopic (exact) mass is 419 g/mol. The van der Waals surface area contributed by atoms with E-state index >= 15 is 0 Å². The molecular weight excluding hydrogens is 382 g/mol.